The van der Waals surface area contributed by atoms with Gasteiger partial charge in [-0.05, 0) is 53.5 Å². The smallest absolute Gasteiger partial charge is 0.0657 e. The molecule has 2 saturated heterocycles. The van der Waals surface area contributed by atoms with Gasteiger partial charge in [0, 0.05) is 12.1 Å². The quantitative estimate of drug-likeness (QED) is 0.682. The average Bonchev–Trinajstić information content (AvgIpc) is 2.70. The van der Waals surface area contributed by atoms with Crippen molar-refractivity contribution in [3.05, 3.63) is 11.1 Å². The standard InChI is InChI=1S/C14H25NO/c1-11(2)13-8-14(10-16-12(3)4)6-5-7-15(14)9-13/h12H,5-10H2,1-4H3. The van der Waals surface area contributed by atoms with Crippen LogP contribution in [0.1, 0.15) is 47.0 Å². The Balaban J connectivity index is 2.09. The zero-order valence-electron chi connectivity index (χ0n) is 11.2. The van der Waals surface area contributed by atoms with Crippen LogP contribution < -0.4 is 0 Å². The molecule has 0 aliphatic carbocycles. The average molecular weight is 223 g/mol. The van der Waals surface area contributed by atoms with E-state index in [1.807, 2.05) is 0 Å². The molecule has 0 amide bonds. The summed E-state index contributed by atoms with van der Waals surface area (Å²) in [7, 11) is 0. The summed E-state index contributed by atoms with van der Waals surface area (Å²) in [5.74, 6) is 0. The highest BCUT2D eigenvalue weighted by Gasteiger charge is 2.46. The molecule has 16 heavy (non-hydrogen) atoms. The van der Waals surface area contributed by atoms with Crippen molar-refractivity contribution in [1.29, 1.82) is 0 Å². The van der Waals surface area contributed by atoms with Crippen LogP contribution in [0.15, 0.2) is 11.1 Å². The van der Waals surface area contributed by atoms with E-state index in [2.05, 4.69) is 32.6 Å². The molecule has 0 aromatic rings. The van der Waals surface area contributed by atoms with Crippen LogP contribution in [0.4, 0.5) is 0 Å². The molecule has 2 heteroatoms. The third-order valence-corrected chi connectivity index (χ3v) is 4.06. The lowest BCUT2D eigenvalue weighted by Gasteiger charge is -2.32. The van der Waals surface area contributed by atoms with Crippen molar-refractivity contribution in [2.45, 2.75) is 58.6 Å². The van der Waals surface area contributed by atoms with E-state index >= 15 is 0 Å². The van der Waals surface area contributed by atoms with E-state index in [9.17, 15) is 0 Å². The van der Waals surface area contributed by atoms with Crippen LogP contribution in [0.3, 0.4) is 0 Å². The van der Waals surface area contributed by atoms with Crippen molar-refractivity contribution in [2.24, 2.45) is 0 Å². The lowest BCUT2D eigenvalue weighted by molar-refractivity contribution is 0.00328. The third kappa shape index (κ3) is 2.18. The van der Waals surface area contributed by atoms with Gasteiger partial charge in [0.1, 0.15) is 0 Å². The fourth-order valence-electron chi connectivity index (χ4n) is 3.00. The summed E-state index contributed by atoms with van der Waals surface area (Å²) < 4.78 is 5.89. The Kier molecular flexibility index (Phi) is 3.41. The molecule has 2 nitrogen and oxygen atoms in total. The van der Waals surface area contributed by atoms with Gasteiger partial charge < -0.3 is 4.74 Å². The molecule has 0 aromatic carbocycles. The van der Waals surface area contributed by atoms with Crippen molar-refractivity contribution in [3.63, 3.8) is 0 Å². The third-order valence-electron chi connectivity index (χ3n) is 4.06. The van der Waals surface area contributed by atoms with Crippen molar-refractivity contribution >= 4 is 0 Å². The van der Waals surface area contributed by atoms with Gasteiger partial charge in [0.05, 0.1) is 12.7 Å². The Morgan fingerprint density at radius 3 is 2.81 bits per heavy atom. The second-order valence-corrected chi connectivity index (χ2v) is 5.89. The van der Waals surface area contributed by atoms with Crippen molar-refractivity contribution in [2.75, 3.05) is 19.7 Å². The zero-order valence-corrected chi connectivity index (χ0v) is 11.2. The van der Waals surface area contributed by atoms with E-state index < -0.39 is 0 Å². The maximum atomic E-state index is 5.89. The van der Waals surface area contributed by atoms with E-state index in [1.165, 1.54) is 37.9 Å². The first-order chi connectivity index (χ1) is 7.53. The van der Waals surface area contributed by atoms with Crippen LogP contribution in [-0.2, 0) is 4.74 Å². The molecule has 2 rings (SSSR count). The molecule has 0 aromatic heterocycles. The van der Waals surface area contributed by atoms with Crippen LogP contribution in [0.5, 0.6) is 0 Å². The van der Waals surface area contributed by atoms with Gasteiger partial charge in [-0.15, -0.1) is 0 Å². The molecule has 2 aliphatic heterocycles. The first-order valence-corrected chi connectivity index (χ1v) is 6.55. The lowest BCUT2D eigenvalue weighted by atomic mass is 9.92. The van der Waals surface area contributed by atoms with Gasteiger partial charge in [0.2, 0.25) is 0 Å². The molecule has 1 atom stereocenters. The molecule has 0 radical (unpaired) electrons. The van der Waals surface area contributed by atoms with Gasteiger partial charge in [-0.2, -0.15) is 0 Å². The SMILES string of the molecule is CC(C)=C1CN2CCCC2(COC(C)C)C1. The molecular formula is C14H25NO. The monoisotopic (exact) mass is 223 g/mol. The number of fused-ring (bicyclic) bond motifs is 1. The second-order valence-electron chi connectivity index (χ2n) is 5.89. The number of hydrogen-bond acceptors (Lipinski definition) is 2. The molecular weight excluding hydrogens is 198 g/mol. The Labute approximate surface area is 99.7 Å². The van der Waals surface area contributed by atoms with E-state index in [1.54, 1.807) is 5.57 Å². The summed E-state index contributed by atoms with van der Waals surface area (Å²) in [5, 5.41) is 0. The Morgan fingerprint density at radius 1 is 1.44 bits per heavy atom. The maximum Gasteiger partial charge on any atom is 0.0657 e. The second kappa shape index (κ2) is 4.50. The molecule has 0 N–H and O–H groups in total. The molecule has 0 spiro atoms. The van der Waals surface area contributed by atoms with Gasteiger partial charge in [-0.1, -0.05) is 11.1 Å². The first-order valence-electron chi connectivity index (χ1n) is 6.55. The normalized spacial score (nSPS) is 30.2. The largest absolute Gasteiger partial charge is 0.377 e. The van der Waals surface area contributed by atoms with Crippen LogP contribution in [0, 0.1) is 0 Å². The highest BCUT2D eigenvalue weighted by Crippen LogP contribution is 2.42. The maximum absolute atomic E-state index is 5.89. The highest BCUT2D eigenvalue weighted by molar-refractivity contribution is 5.24. The van der Waals surface area contributed by atoms with Gasteiger partial charge in [-0.3, -0.25) is 4.90 Å². The molecule has 2 aliphatic rings. The summed E-state index contributed by atoms with van der Waals surface area (Å²) in [4.78, 5) is 2.65. The predicted octanol–water partition coefficient (Wildman–Crippen LogP) is 2.99. The van der Waals surface area contributed by atoms with Gasteiger partial charge in [0.15, 0.2) is 0 Å². The Hall–Kier alpha value is -0.340. The molecule has 2 fully saturated rings. The van der Waals surface area contributed by atoms with Crippen molar-refractivity contribution in [1.82, 2.24) is 4.90 Å². The number of allylic oxidation sites excluding steroid dienone is 1. The molecule has 0 bridgehead atoms. The van der Waals surface area contributed by atoms with E-state index in [0.717, 1.165) is 6.61 Å². The minimum absolute atomic E-state index is 0.344. The topological polar surface area (TPSA) is 12.5 Å². The summed E-state index contributed by atoms with van der Waals surface area (Å²) in [6.07, 6.45) is 4.25. The lowest BCUT2D eigenvalue weighted by Crippen LogP contribution is -2.43. The molecule has 92 valence electrons. The van der Waals surface area contributed by atoms with Crippen LogP contribution in [0.25, 0.3) is 0 Å². The molecule has 2 heterocycles. The fraction of sp³-hybridized carbons (Fsp3) is 0.857. The number of ether oxygens (including phenoxy) is 1. The minimum Gasteiger partial charge on any atom is -0.377 e. The van der Waals surface area contributed by atoms with E-state index in [0.29, 0.717) is 11.6 Å². The summed E-state index contributed by atoms with van der Waals surface area (Å²) in [6.45, 7) is 12.1. The van der Waals surface area contributed by atoms with Crippen LogP contribution in [-0.4, -0.2) is 36.2 Å². The molecule has 1 unspecified atom stereocenters. The number of rotatable bonds is 3. The predicted molar refractivity (Wildman–Crippen MR) is 67.6 cm³/mol. The summed E-state index contributed by atoms with van der Waals surface area (Å²) in [5.41, 5.74) is 3.50. The van der Waals surface area contributed by atoms with Crippen molar-refractivity contribution < 1.29 is 4.74 Å². The fourth-order valence-corrected chi connectivity index (χ4v) is 3.00. The number of nitrogens with zero attached hydrogens (tertiary/aromatic N) is 1. The van der Waals surface area contributed by atoms with Crippen molar-refractivity contribution in [3.8, 4) is 0 Å². The highest BCUT2D eigenvalue weighted by atomic mass is 16.5. The summed E-state index contributed by atoms with van der Waals surface area (Å²) in [6, 6.07) is 0. The van der Waals surface area contributed by atoms with Gasteiger partial charge in [-0.25, -0.2) is 0 Å². The molecule has 0 saturated carbocycles. The Morgan fingerprint density at radius 2 is 2.19 bits per heavy atom. The van der Waals surface area contributed by atoms with E-state index in [4.69, 9.17) is 4.74 Å². The van der Waals surface area contributed by atoms with Gasteiger partial charge in [0.25, 0.3) is 0 Å². The minimum atomic E-state index is 0.344. The van der Waals surface area contributed by atoms with E-state index in [-0.39, 0.29) is 0 Å². The van der Waals surface area contributed by atoms with Crippen LogP contribution in [0.2, 0.25) is 0 Å². The number of hydrogen-bond donors (Lipinski definition) is 0. The van der Waals surface area contributed by atoms with Gasteiger partial charge >= 0.3 is 0 Å². The Bertz CT molecular complexity index is 291. The summed E-state index contributed by atoms with van der Waals surface area (Å²) >= 11 is 0. The first kappa shape index (κ1) is 12.1. The zero-order chi connectivity index (χ0) is 11.8. The van der Waals surface area contributed by atoms with Crippen LogP contribution >= 0.6 is 0 Å².